The third kappa shape index (κ3) is 3.94. The van der Waals surface area contributed by atoms with Crippen molar-refractivity contribution in [1.82, 2.24) is 9.88 Å². The lowest BCUT2D eigenvalue weighted by Gasteiger charge is -2.31. The second-order valence-corrected chi connectivity index (χ2v) is 6.77. The molecule has 1 fully saturated rings. The molecule has 2 aromatic rings. The number of likely N-dealkylation sites (tertiary alicyclic amines) is 1. The molecule has 24 heavy (non-hydrogen) atoms. The third-order valence-corrected chi connectivity index (χ3v) is 4.62. The van der Waals surface area contributed by atoms with E-state index in [9.17, 15) is 4.79 Å². The first-order valence-corrected chi connectivity index (χ1v) is 8.63. The molecule has 126 valence electrons. The number of carbonyl (C=O) groups is 1. The van der Waals surface area contributed by atoms with E-state index in [1.165, 1.54) is 12.0 Å². The number of nitrogens with zero attached hydrogens (tertiary/aromatic N) is 3. The number of anilines is 1. The van der Waals surface area contributed by atoms with Gasteiger partial charge in [0.2, 0.25) is 0 Å². The summed E-state index contributed by atoms with van der Waals surface area (Å²) in [6, 6.07) is 12.3. The van der Waals surface area contributed by atoms with Gasteiger partial charge in [0.05, 0.1) is 17.4 Å². The average molecular weight is 323 g/mol. The van der Waals surface area contributed by atoms with Crippen molar-refractivity contribution in [1.29, 1.82) is 0 Å². The summed E-state index contributed by atoms with van der Waals surface area (Å²) < 4.78 is 0. The Morgan fingerprint density at radius 3 is 2.83 bits per heavy atom. The number of rotatable bonds is 4. The zero-order valence-corrected chi connectivity index (χ0v) is 14.5. The van der Waals surface area contributed by atoms with Crippen molar-refractivity contribution in [2.45, 2.75) is 26.3 Å². The van der Waals surface area contributed by atoms with Crippen LogP contribution in [0.5, 0.6) is 0 Å². The van der Waals surface area contributed by atoms with Crippen LogP contribution >= 0.6 is 0 Å². The first-order chi connectivity index (χ1) is 11.6. The Hall–Kier alpha value is -2.36. The van der Waals surface area contributed by atoms with E-state index in [2.05, 4.69) is 28.9 Å². The number of aromatic nitrogens is 1. The fourth-order valence-electron chi connectivity index (χ4n) is 3.26. The molecule has 1 saturated heterocycles. The van der Waals surface area contributed by atoms with Crippen LogP contribution in [0.25, 0.3) is 0 Å². The molecule has 1 aliphatic heterocycles. The van der Waals surface area contributed by atoms with Gasteiger partial charge in [-0.05, 0) is 30.4 Å². The third-order valence-electron chi connectivity index (χ3n) is 4.62. The molecule has 1 amide bonds. The molecular weight excluding hydrogens is 298 g/mol. The summed E-state index contributed by atoms with van der Waals surface area (Å²) in [5.41, 5.74) is 2.89. The number of piperidine rings is 1. The molecule has 1 aromatic heterocycles. The Morgan fingerprint density at radius 1 is 1.29 bits per heavy atom. The van der Waals surface area contributed by atoms with Gasteiger partial charge < -0.3 is 9.80 Å². The molecule has 0 N–H and O–H groups in total. The van der Waals surface area contributed by atoms with Gasteiger partial charge in [-0.3, -0.25) is 9.78 Å². The van der Waals surface area contributed by atoms with E-state index in [-0.39, 0.29) is 5.91 Å². The molecule has 1 atom stereocenters. The van der Waals surface area contributed by atoms with E-state index in [4.69, 9.17) is 0 Å². The van der Waals surface area contributed by atoms with Crippen molar-refractivity contribution < 1.29 is 4.79 Å². The monoisotopic (exact) mass is 323 g/mol. The zero-order chi connectivity index (χ0) is 16.9. The first-order valence-electron chi connectivity index (χ1n) is 8.63. The molecule has 1 aromatic carbocycles. The van der Waals surface area contributed by atoms with Gasteiger partial charge in [-0.15, -0.1) is 0 Å². The maximum Gasteiger partial charge on any atom is 0.255 e. The van der Waals surface area contributed by atoms with Crippen LogP contribution in [0, 0.1) is 5.92 Å². The predicted molar refractivity (Wildman–Crippen MR) is 97.1 cm³/mol. The van der Waals surface area contributed by atoms with Crippen molar-refractivity contribution in [3.05, 3.63) is 59.9 Å². The number of pyridine rings is 1. The SMILES string of the molecule is CC1CCCN(C(=O)c2cncc(N(C)Cc3ccccc3)c2)C1. The maximum absolute atomic E-state index is 12.7. The Morgan fingerprint density at radius 2 is 2.08 bits per heavy atom. The van der Waals surface area contributed by atoms with E-state index < -0.39 is 0 Å². The van der Waals surface area contributed by atoms with Gasteiger partial charge >= 0.3 is 0 Å². The molecule has 2 heterocycles. The molecule has 4 nitrogen and oxygen atoms in total. The van der Waals surface area contributed by atoms with Crippen molar-refractivity contribution in [3.8, 4) is 0 Å². The fourth-order valence-corrected chi connectivity index (χ4v) is 3.26. The second-order valence-electron chi connectivity index (χ2n) is 6.77. The van der Waals surface area contributed by atoms with Gasteiger partial charge in [0.15, 0.2) is 0 Å². The zero-order valence-electron chi connectivity index (χ0n) is 14.5. The lowest BCUT2D eigenvalue weighted by atomic mass is 10.00. The normalized spacial score (nSPS) is 17.6. The van der Waals surface area contributed by atoms with Crippen LogP contribution in [0.15, 0.2) is 48.8 Å². The maximum atomic E-state index is 12.7. The Kier molecular flexibility index (Phi) is 5.14. The van der Waals surface area contributed by atoms with Gasteiger partial charge in [0.1, 0.15) is 0 Å². The van der Waals surface area contributed by atoms with Crippen molar-refractivity contribution in [2.75, 3.05) is 25.0 Å². The van der Waals surface area contributed by atoms with Gasteiger partial charge in [-0.25, -0.2) is 0 Å². The average Bonchev–Trinajstić information content (AvgIpc) is 2.62. The number of amides is 1. The van der Waals surface area contributed by atoms with Gasteiger partial charge in [0.25, 0.3) is 5.91 Å². The highest BCUT2D eigenvalue weighted by molar-refractivity contribution is 5.94. The molecule has 0 spiro atoms. The van der Waals surface area contributed by atoms with E-state index in [1.54, 1.807) is 6.20 Å². The molecule has 0 radical (unpaired) electrons. The van der Waals surface area contributed by atoms with E-state index in [0.717, 1.165) is 31.7 Å². The van der Waals surface area contributed by atoms with Gasteiger partial charge in [-0.1, -0.05) is 37.3 Å². The van der Waals surface area contributed by atoms with E-state index in [0.29, 0.717) is 11.5 Å². The summed E-state index contributed by atoms with van der Waals surface area (Å²) in [6.45, 7) is 4.71. The second kappa shape index (κ2) is 7.47. The van der Waals surface area contributed by atoms with Gasteiger partial charge in [-0.2, -0.15) is 0 Å². The van der Waals surface area contributed by atoms with Gasteiger partial charge in [0, 0.05) is 32.9 Å². The molecule has 0 aliphatic carbocycles. The molecular formula is C20H25N3O. The standard InChI is InChI=1S/C20H25N3O/c1-16-7-6-10-23(14-16)20(24)18-11-19(13-21-12-18)22(2)15-17-8-4-3-5-9-17/h3-5,8-9,11-13,16H,6-7,10,14-15H2,1-2H3. The number of benzene rings is 1. The number of carbonyl (C=O) groups excluding carboxylic acids is 1. The van der Waals surface area contributed by atoms with Crippen LogP contribution in [0.1, 0.15) is 35.7 Å². The predicted octanol–water partition coefficient (Wildman–Crippen LogP) is 3.59. The lowest BCUT2D eigenvalue weighted by Crippen LogP contribution is -2.39. The minimum Gasteiger partial charge on any atom is -0.369 e. The van der Waals surface area contributed by atoms with Crippen LogP contribution < -0.4 is 4.90 Å². The molecule has 4 heteroatoms. The highest BCUT2D eigenvalue weighted by Gasteiger charge is 2.22. The van der Waals surface area contributed by atoms with Crippen LogP contribution in [-0.4, -0.2) is 35.9 Å². The summed E-state index contributed by atoms with van der Waals surface area (Å²) in [6.07, 6.45) is 5.80. The van der Waals surface area contributed by atoms with Crippen molar-refractivity contribution in [3.63, 3.8) is 0 Å². The van der Waals surface area contributed by atoms with Crippen molar-refractivity contribution >= 4 is 11.6 Å². The summed E-state index contributed by atoms with van der Waals surface area (Å²) in [5, 5.41) is 0. The first kappa shape index (κ1) is 16.5. The molecule has 0 bridgehead atoms. The summed E-state index contributed by atoms with van der Waals surface area (Å²) in [4.78, 5) is 21.1. The lowest BCUT2D eigenvalue weighted by molar-refractivity contribution is 0.0682. The van der Waals surface area contributed by atoms with Crippen molar-refractivity contribution in [2.24, 2.45) is 5.92 Å². The fraction of sp³-hybridized carbons (Fsp3) is 0.400. The highest BCUT2D eigenvalue weighted by atomic mass is 16.2. The van der Waals surface area contributed by atoms with Crippen LogP contribution in [0.4, 0.5) is 5.69 Å². The van der Waals surface area contributed by atoms with E-state index >= 15 is 0 Å². The summed E-state index contributed by atoms with van der Waals surface area (Å²) >= 11 is 0. The smallest absolute Gasteiger partial charge is 0.255 e. The Balaban J connectivity index is 1.72. The Labute approximate surface area is 144 Å². The van der Waals surface area contributed by atoms with Crippen LogP contribution in [-0.2, 0) is 6.54 Å². The summed E-state index contributed by atoms with van der Waals surface area (Å²) in [7, 11) is 2.03. The molecule has 3 rings (SSSR count). The number of hydrogen-bond donors (Lipinski definition) is 0. The quantitative estimate of drug-likeness (QED) is 0.863. The summed E-state index contributed by atoms with van der Waals surface area (Å²) in [5.74, 6) is 0.684. The van der Waals surface area contributed by atoms with E-state index in [1.807, 2.05) is 42.4 Å². The largest absolute Gasteiger partial charge is 0.369 e. The van der Waals surface area contributed by atoms with Crippen LogP contribution in [0.2, 0.25) is 0 Å². The number of hydrogen-bond acceptors (Lipinski definition) is 3. The Bertz CT molecular complexity index is 686. The molecule has 1 aliphatic rings. The molecule has 1 unspecified atom stereocenters. The van der Waals surface area contributed by atoms with Crippen LogP contribution in [0.3, 0.4) is 0 Å². The minimum absolute atomic E-state index is 0.101. The topological polar surface area (TPSA) is 36.4 Å². The molecule has 0 saturated carbocycles. The minimum atomic E-state index is 0.101. The highest BCUT2D eigenvalue weighted by Crippen LogP contribution is 2.20.